The third-order valence-electron chi connectivity index (χ3n) is 6.00. The molecule has 2 amide bonds. The van der Waals surface area contributed by atoms with E-state index in [1.807, 2.05) is 47.5 Å². The summed E-state index contributed by atoms with van der Waals surface area (Å²) in [6.45, 7) is 0. The summed E-state index contributed by atoms with van der Waals surface area (Å²) in [6.07, 6.45) is 7.56. The molecule has 7 heteroatoms. The number of benzene rings is 1. The van der Waals surface area contributed by atoms with Gasteiger partial charge < -0.3 is 9.88 Å². The first kappa shape index (κ1) is 22.6. The average molecular weight is 470 g/mol. The molecule has 1 saturated carbocycles. The number of hydrogen-bond donors (Lipinski definition) is 1. The van der Waals surface area contributed by atoms with Gasteiger partial charge >= 0.3 is 0 Å². The highest BCUT2D eigenvalue weighted by atomic mass is 35.5. The van der Waals surface area contributed by atoms with Crippen LogP contribution >= 0.6 is 22.9 Å². The van der Waals surface area contributed by atoms with Crippen molar-refractivity contribution in [2.75, 3.05) is 4.90 Å². The van der Waals surface area contributed by atoms with Crippen molar-refractivity contribution in [2.24, 2.45) is 7.05 Å². The third-order valence-corrected chi connectivity index (χ3v) is 7.13. The smallest absolute Gasteiger partial charge is 0.249 e. The number of thiophene rings is 1. The predicted octanol–water partition coefficient (Wildman–Crippen LogP) is 5.51. The number of aromatic nitrogens is 1. The van der Waals surface area contributed by atoms with Crippen LogP contribution in [0.5, 0.6) is 0 Å². The minimum Gasteiger partial charge on any atom is -0.352 e. The van der Waals surface area contributed by atoms with E-state index in [-0.39, 0.29) is 24.3 Å². The number of anilines is 1. The van der Waals surface area contributed by atoms with Gasteiger partial charge in [-0.2, -0.15) is 0 Å². The monoisotopic (exact) mass is 469 g/mol. The molecule has 0 spiro atoms. The van der Waals surface area contributed by atoms with E-state index in [9.17, 15) is 9.59 Å². The molecule has 1 N–H and O–H groups in total. The molecule has 1 aliphatic carbocycles. The summed E-state index contributed by atoms with van der Waals surface area (Å²) in [5.41, 5.74) is 1.42. The maximum atomic E-state index is 13.7. The Morgan fingerprint density at radius 2 is 1.88 bits per heavy atom. The summed E-state index contributed by atoms with van der Waals surface area (Å²) < 4.78 is 1.91. The minimum absolute atomic E-state index is 0.125. The van der Waals surface area contributed by atoms with E-state index >= 15 is 0 Å². The number of nitrogens with one attached hydrogen (secondary N) is 1. The fraction of sp³-hybridized carbons (Fsp3) is 0.360. The number of aryl methyl sites for hydroxylation is 1. The summed E-state index contributed by atoms with van der Waals surface area (Å²) in [5.74, 6) is -0.270. The Labute approximate surface area is 198 Å². The Bertz CT molecular complexity index is 1040. The van der Waals surface area contributed by atoms with Gasteiger partial charge in [0.1, 0.15) is 0 Å². The standard InChI is InChI=1S/C25H28ClN3O2S/c1-28-15-5-10-22(28)24(25(31)27-19-7-3-2-4-8-19)29(20-13-11-18(26)12-14-20)23(30)17-21-9-6-16-32-21/h5-6,9-16,19,24H,2-4,7-8,17H2,1H3,(H,27,31)/t24-/m0/s1. The van der Waals surface area contributed by atoms with Crippen molar-refractivity contribution in [3.63, 3.8) is 0 Å². The van der Waals surface area contributed by atoms with E-state index < -0.39 is 6.04 Å². The van der Waals surface area contributed by atoms with Gasteiger partial charge in [0, 0.05) is 34.9 Å². The highest BCUT2D eigenvalue weighted by Crippen LogP contribution is 2.31. The van der Waals surface area contributed by atoms with E-state index in [1.165, 1.54) is 6.42 Å². The van der Waals surface area contributed by atoms with Crippen LogP contribution in [0, 0.1) is 0 Å². The molecule has 2 aromatic heterocycles. The Kier molecular flexibility index (Phi) is 7.33. The molecule has 0 aliphatic heterocycles. The second kappa shape index (κ2) is 10.4. The second-order valence-electron chi connectivity index (χ2n) is 8.29. The van der Waals surface area contributed by atoms with Crippen LogP contribution in [-0.4, -0.2) is 22.4 Å². The molecule has 0 unspecified atom stereocenters. The normalized spacial score (nSPS) is 15.3. The van der Waals surface area contributed by atoms with E-state index in [0.717, 1.165) is 36.3 Å². The molecule has 0 bridgehead atoms. The molecular formula is C25H28ClN3O2S. The zero-order valence-corrected chi connectivity index (χ0v) is 19.7. The highest BCUT2D eigenvalue weighted by Gasteiger charge is 2.35. The summed E-state index contributed by atoms with van der Waals surface area (Å²) in [7, 11) is 1.90. The van der Waals surface area contributed by atoms with Crippen LogP contribution in [0.15, 0.2) is 60.1 Å². The summed E-state index contributed by atoms with van der Waals surface area (Å²) in [5, 5.41) is 5.78. The maximum absolute atomic E-state index is 13.7. The Balaban J connectivity index is 1.72. The molecule has 0 radical (unpaired) electrons. The van der Waals surface area contributed by atoms with Gasteiger partial charge in [0.2, 0.25) is 11.8 Å². The molecule has 1 aliphatic rings. The van der Waals surface area contributed by atoms with Gasteiger partial charge in [0.15, 0.2) is 6.04 Å². The topological polar surface area (TPSA) is 54.3 Å². The van der Waals surface area contributed by atoms with Crippen molar-refractivity contribution in [1.82, 2.24) is 9.88 Å². The van der Waals surface area contributed by atoms with Crippen LogP contribution in [0.4, 0.5) is 5.69 Å². The van der Waals surface area contributed by atoms with Crippen molar-refractivity contribution >= 4 is 40.4 Å². The SMILES string of the molecule is Cn1cccc1[C@@H](C(=O)NC1CCCCC1)N(C(=O)Cc1cccs1)c1ccc(Cl)cc1. The van der Waals surface area contributed by atoms with Crippen molar-refractivity contribution in [2.45, 2.75) is 50.6 Å². The van der Waals surface area contributed by atoms with Crippen molar-refractivity contribution in [3.8, 4) is 0 Å². The fourth-order valence-electron chi connectivity index (χ4n) is 4.36. The molecule has 2 heterocycles. The molecule has 5 nitrogen and oxygen atoms in total. The Hall–Kier alpha value is -2.57. The lowest BCUT2D eigenvalue weighted by Gasteiger charge is -2.33. The zero-order chi connectivity index (χ0) is 22.5. The number of rotatable bonds is 7. The number of amides is 2. The molecule has 3 aromatic rings. The van der Waals surface area contributed by atoms with E-state index in [4.69, 9.17) is 11.6 Å². The molecule has 1 atom stereocenters. The van der Waals surface area contributed by atoms with Gasteiger partial charge in [-0.1, -0.05) is 36.9 Å². The Morgan fingerprint density at radius 3 is 2.50 bits per heavy atom. The quantitative estimate of drug-likeness (QED) is 0.496. The van der Waals surface area contributed by atoms with Crippen LogP contribution in [-0.2, 0) is 23.1 Å². The maximum Gasteiger partial charge on any atom is 0.249 e. The molecule has 1 aromatic carbocycles. The van der Waals surface area contributed by atoms with Crippen molar-refractivity contribution in [1.29, 1.82) is 0 Å². The average Bonchev–Trinajstić information content (AvgIpc) is 3.45. The lowest BCUT2D eigenvalue weighted by Crippen LogP contribution is -2.48. The van der Waals surface area contributed by atoms with E-state index in [1.54, 1.807) is 40.5 Å². The minimum atomic E-state index is -0.773. The van der Waals surface area contributed by atoms with Gasteiger partial charge in [-0.05, 0) is 60.7 Å². The van der Waals surface area contributed by atoms with Crippen LogP contribution in [0.3, 0.4) is 0 Å². The summed E-state index contributed by atoms with van der Waals surface area (Å²) in [4.78, 5) is 30.0. The first-order chi connectivity index (χ1) is 15.5. The number of nitrogens with zero attached hydrogens (tertiary/aromatic N) is 2. The summed E-state index contributed by atoms with van der Waals surface area (Å²) in [6, 6.07) is 14.2. The van der Waals surface area contributed by atoms with Gasteiger partial charge in [-0.15, -0.1) is 11.3 Å². The number of halogens is 1. The Morgan fingerprint density at radius 1 is 1.12 bits per heavy atom. The first-order valence-corrected chi connectivity index (χ1v) is 12.3. The molecule has 168 valence electrons. The van der Waals surface area contributed by atoms with Crippen molar-refractivity contribution in [3.05, 3.63) is 75.7 Å². The third kappa shape index (κ3) is 5.25. The lowest BCUT2D eigenvalue weighted by atomic mass is 9.95. The van der Waals surface area contributed by atoms with Gasteiger partial charge in [0.05, 0.1) is 12.1 Å². The number of carbonyl (C=O) groups excluding carboxylic acids is 2. The first-order valence-electron chi connectivity index (χ1n) is 11.0. The summed E-state index contributed by atoms with van der Waals surface area (Å²) >= 11 is 7.66. The number of hydrogen-bond acceptors (Lipinski definition) is 3. The van der Waals surface area contributed by atoms with Gasteiger partial charge in [-0.3, -0.25) is 14.5 Å². The van der Waals surface area contributed by atoms with Gasteiger partial charge in [-0.25, -0.2) is 0 Å². The van der Waals surface area contributed by atoms with Crippen LogP contribution in [0.2, 0.25) is 5.02 Å². The molecular weight excluding hydrogens is 442 g/mol. The predicted molar refractivity (Wildman–Crippen MR) is 130 cm³/mol. The van der Waals surface area contributed by atoms with Gasteiger partial charge in [0.25, 0.3) is 0 Å². The molecule has 32 heavy (non-hydrogen) atoms. The number of carbonyl (C=O) groups is 2. The van der Waals surface area contributed by atoms with Crippen LogP contribution in [0.1, 0.15) is 48.7 Å². The fourth-order valence-corrected chi connectivity index (χ4v) is 5.18. The molecule has 0 saturated heterocycles. The van der Waals surface area contributed by atoms with E-state index in [0.29, 0.717) is 10.7 Å². The van der Waals surface area contributed by atoms with Crippen LogP contribution < -0.4 is 10.2 Å². The largest absolute Gasteiger partial charge is 0.352 e. The highest BCUT2D eigenvalue weighted by molar-refractivity contribution is 7.10. The second-order valence-corrected chi connectivity index (χ2v) is 9.75. The lowest BCUT2D eigenvalue weighted by molar-refractivity contribution is -0.127. The zero-order valence-electron chi connectivity index (χ0n) is 18.2. The van der Waals surface area contributed by atoms with Crippen LogP contribution in [0.25, 0.3) is 0 Å². The molecule has 1 fully saturated rings. The van der Waals surface area contributed by atoms with E-state index in [2.05, 4.69) is 5.32 Å². The molecule has 4 rings (SSSR count). The van der Waals surface area contributed by atoms with Crippen molar-refractivity contribution < 1.29 is 9.59 Å².